The van der Waals surface area contributed by atoms with E-state index >= 15 is 0 Å². The second-order valence-corrected chi connectivity index (χ2v) is 7.03. The Kier molecular flexibility index (Phi) is 5.40. The van der Waals surface area contributed by atoms with Crippen LogP contribution in [-0.4, -0.2) is 78.8 Å². The molecule has 134 valence electrons. The van der Waals surface area contributed by atoms with E-state index in [0.717, 1.165) is 49.7 Å². The third kappa shape index (κ3) is 4.45. The van der Waals surface area contributed by atoms with Gasteiger partial charge in [0.2, 0.25) is 0 Å². The van der Waals surface area contributed by atoms with Crippen molar-refractivity contribution < 1.29 is 4.74 Å². The van der Waals surface area contributed by atoms with Crippen LogP contribution in [0.1, 0.15) is 6.42 Å². The summed E-state index contributed by atoms with van der Waals surface area (Å²) in [5, 5.41) is 3.48. The molecule has 1 unspecified atom stereocenters. The predicted octanol–water partition coefficient (Wildman–Crippen LogP) is 1.70. The molecule has 0 bridgehead atoms. The van der Waals surface area contributed by atoms with Crippen molar-refractivity contribution in [1.29, 1.82) is 0 Å². The van der Waals surface area contributed by atoms with Gasteiger partial charge in [-0.25, -0.2) is 4.98 Å². The lowest BCUT2D eigenvalue weighted by atomic mass is 10.1. The molecule has 2 saturated heterocycles. The van der Waals surface area contributed by atoms with Crippen LogP contribution in [0.15, 0.2) is 30.5 Å². The van der Waals surface area contributed by atoms with Crippen LogP contribution in [0, 0.1) is 5.92 Å². The third-order valence-electron chi connectivity index (χ3n) is 5.23. The highest BCUT2D eigenvalue weighted by Crippen LogP contribution is 2.17. The van der Waals surface area contributed by atoms with Gasteiger partial charge < -0.3 is 15.0 Å². The van der Waals surface area contributed by atoms with Crippen molar-refractivity contribution in [2.24, 2.45) is 5.92 Å². The predicted molar refractivity (Wildman–Crippen MR) is 99.8 cm³/mol. The van der Waals surface area contributed by atoms with E-state index in [1.165, 1.54) is 32.6 Å². The van der Waals surface area contributed by atoms with Gasteiger partial charge in [-0.15, -0.1) is 0 Å². The van der Waals surface area contributed by atoms with Crippen LogP contribution in [0.2, 0.25) is 0 Å². The van der Waals surface area contributed by atoms with Gasteiger partial charge in [0.05, 0.1) is 30.4 Å². The van der Waals surface area contributed by atoms with E-state index in [1.807, 2.05) is 30.5 Å². The van der Waals surface area contributed by atoms with Crippen molar-refractivity contribution in [3.05, 3.63) is 30.5 Å². The fourth-order valence-corrected chi connectivity index (χ4v) is 3.68. The topological polar surface area (TPSA) is 53.5 Å². The summed E-state index contributed by atoms with van der Waals surface area (Å²) in [4.78, 5) is 14.2. The normalized spacial score (nSPS) is 22.5. The molecule has 0 saturated carbocycles. The maximum Gasteiger partial charge on any atom is 0.145 e. The Labute approximate surface area is 149 Å². The number of nitrogens with one attached hydrogen (secondary N) is 1. The zero-order chi connectivity index (χ0) is 16.9. The molecule has 0 amide bonds. The molecule has 6 heteroatoms. The fourth-order valence-electron chi connectivity index (χ4n) is 3.68. The average molecular weight is 341 g/mol. The Hall–Kier alpha value is -1.76. The van der Waals surface area contributed by atoms with Gasteiger partial charge >= 0.3 is 0 Å². The Morgan fingerprint density at radius 3 is 2.72 bits per heavy atom. The van der Waals surface area contributed by atoms with Crippen molar-refractivity contribution in [3.8, 4) is 0 Å². The lowest BCUT2D eigenvalue weighted by molar-refractivity contribution is 0.0343. The van der Waals surface area contributed by atoms with Crippen molar-refractivity contribution in [2.45, 2.75) is 6.42 Å². The number of ether oxygens (including phenoxy) is 1. The molecule has 1 N–H and O–H groups in total. The Morgan fingerprint density at radius 1 is 1.04 bits per heavy atom. The molecule has 2 aliphatic heterocycles. The second kappa shape index (κ2) is 8.08. The van der Waals surface area contributed by atoms with Crippen LogP contribution >= 0.6 is 0 Å². The summed E-state index contributed by atoms with van der Waals surface area (Å²) < 4.78 is 5.41. The molecule has 0 spiro atoms. The van der Waals surface area contributed by atoms with Crippen LogP contribution < -0.4 is 5.32 Å². The van der Waals surface area contributed by atoms with Gasteiger partial charge in [-0.2, -0.15) is 0 Å². The van der Waals surface area contributed by atoms with E-state index in [1.54, 1.807) is 0 Å². The zero-order valence-corrected chi connectivity index (χ0v) is 14.7. The first-order valence-corrected chi connectivity index (χ1v) is 9.35. The summed E-state index contributed by atoms with van der Waals surface area (Å²) in [5.74, 6) is 1.57. The smallest absolute Gasteiger partial charge is 0.145 e. The van der Waals surface area contributed by atoms with E-state index < -0.39 is 0 Å². The van der Waals surface area contributed by atoms with E-state index in [-0.39, 0.29) is 0 Å². The number of likely N-dealkylation sites (tertiary alicyclic amines) is 1. The number of morpholine rings is 1. The van der Waals surface area contributed by atoms with E-state index in [4.69, 9.17) is 4.74 Å². The standard InChI is InChI=1S/C19H27N5O/c1-2-4-18-17(3-1)20-14-19(22-18)21-13-16-5-6-24(15-16)8-7-23-9-11-25-12-10-23/h1-4,14,16H,5-13,15H2,(H,21,22). The van der Waals surface area contributed by atoms with Gasteiger partial charge in [0.1, 0.15) is 5.82 Å². The summed E-state index contributed by atoms with van der Waals surface area (Å²) in [7, 11) is 0. The summed E-state index contributed by atoms with van der Waals surface area (Å²) >= 11 is 0. The number of aromatic nitrogens is 2. The molecular formula is C19H27N5O. The highest BCUT2D eigenvalue weighted by atomic mass is 16.5. The van der Waals surface area contributed by atoms with E-state index in [9.17, 15) is 0 Å². The molecule has 1 aromatic heterocycles. The molecule has 0 radical (unpaired) electrons. The molecule has 2 aromatic rings. The molecule has 2 aliphatic rings. The highest BCUT2D eigenvalue weighted by molar-refractivity contribution is 5.75. The van der Waals surface area contributed by atoms with Crippen LogP contribution in [0.5, 0.6) is 0 Å². The van der Waals surface area contributed by atoms with Crippen LogP contribution in [0.4, 0.5) is 5.82 Å². The maximum atomic E-state index is 5.41. The van der Waals surface area contributed by atoms with Gasteiger partial charge in [-0.05, 0) is 31.0 Å². The van der Waals surface area contributed by atoms with Crippen LogP contribution in [0.25, 0.3) is 11.0 Å². The number of fused-ring (bicyclic) bond motifs is 1. The molecule has 2 fully saturated rings. The molecule has 25 heavy (non-hydrogen) atoms. The van der Waals surface area contributed by atoms with Gasteiger partial charge in [-0.3, -0.25) is 9.88 Å². The average Bonchev–Trinajstić information content (AvgIpc) is 3.13. The first-order valence-electron chi connectivity index (χ1n) is 9.35. The highest BCUT2D eigenvalue weighted by Gasteiger charge is 2.23. The minimum atomic E-state index is 0.693. The van der Waals surface area contributed by atoms with Gasteiger partial charge in [0.15, 0.2) is 0 Å². The number of rotatable bonds is 6. The van der Waals surface area contributed by atoms with Crippen molar-refractivity contribution in [1.82, 2.24) is 19.8 Å². The molecular weight excluding hydrogens is 314 g/mol. The van der Waals surface area contributed by atoms with Crippen LogP contribution in [-0.2, 0) is 4.74 Å². The molecule has 1 aromatic carbocycles. The quantitative estimate of drug-likeness (QED) is 0.863. The Morgan fingerprint density at radius 2 is 1.84 bits per heavy atom. The monoisotopic (exact) mass is 341 g/mol. The number of para-hydroxylation sites is 2. The first kappa shape index (κ1) is 16.7. The van der Waals surface area contributed by atoms with Gasteiger partial charge in [0, 0.05) is 39.3 Å². The molecule has 3 heterocycles. The summed E-state index contributed by atoms with van der Waals surface area (Å²) in [6.07, 6.45) is 3.10. The summed E-state index contributed by atoms with van der Waals surface area (Å²) in [5.41, 5.74) is 1.90. The summed E-state index contributed by atoms with van der Waals surface area (Å²) in [6, 6.07) is 8.00. The van der Waals surface area contributed by atoms with Crippen molar-refractivity contribution in [2.75, 3.05) is 64.3 Å². The first-order chi connectivity index (χ1) is 12.4. The lowest BCUT2D eigenvalue weighted by Crippen LogP contribution is -2.41. The number of hydrogen-bond donors (Lipinski definition) is 1. The largest absolute Gasteiger partial charge is 0.379 e. The molecule has 4 rings (SSSR count). The van der Waals surface area contributed by atoms with E-state index in [0.29, 0.717) is 5.92 Å². The Balaban J connectivity index is 1.22. The van der Waals surface area contributed by atoms with Gasteiger partial charge in [-0.1, -0.05) is 12.1 Å². The third-order valence-corrected chi connectivity index (χ3v) is 5.23. The number of nitrogens with zero attached hydrogens (tertiary/aromatic N) is 4. The van der Waals surface area contributed by atoms with Gasteiger partial charge in [0.25, 0.3) is 0 Å². The van der Waals surface area contributed by atoms with Crippen molar-refractivity contribution >= 4 is 16.9 Å². The number of anilines is 1. The second-order valence-electron chi connectivity index (χ2n) is 7.03. The zero-order valence-electron chi connectivity index (χ0n) is 14.7. The maximum absolute atomic E-state index is 5.41. The molecule has 0 aliphatic carbocycles. The SMILES string of the molecule is c1ccc2nc(NCC3CCN(CCN4CCOCC4)C3)cnc2c1. The fraction of sp³-hybridized carbons (Fsp3) is 0.579. The number of benzene rings is 1. The molecule has 1 atom stereocenters. The summed E-state index contributed by atoms with van der Waals surface area (Å²) in [6.45, 7) is 9.64. The van der Waals surface area contributed by atoms with Crippen molar-refractivity contribution in [3.63, 3.8) is 0 Å². The Bertz CT molecular complexity index is 688. The minimum Gasteiger partial charge on any atom is -0.379 e. The minimum absolute atomic E-state index is 0.693. The van der Waals surface area contributed by atoms with Crippen LogP contribution in [0.3, 0.4) is 0 Å². The molecule has 6 nitrogen and oxygen atoms in total. The number of hydrogen-bond acceptors (Lipinski definition) is 6. The van der Waals surface area contributed by atoms with E-state index in [2.05, 4.69) is 25.1 Å². The lowest BCUT2D eigenvalue weighted by Gasteiger charge is -2.28.